The first-order chi connectivity index (χ1) is 7.79. The summed E-state index contributed by atoms with van der Waals surface area (Å²) in [5.74, 6) is 0.0296. The second-order valence-electron chi connectivity index (χ2n) is 4.75. The summed E-state index contributed by atoms with van der Waals surface area (Å²) in [6.07, 6.45) is -0.822. The third-order valence-electron chi connectivity index (χ3n) is 3.27. The quantitative estimate of drug-likeness (QED) is 0.809. The van der Waals surface area contributed by atoms with E-state index in [1.165, 1.54) is 6.42 Å². The molecule has 0 saturated heterocycles. The van der Waals surface area contributed by atoms with Gasteiger partial charge in [-0.25, -0.2) is 0 Å². The Kier molecular flexibility index (Phi) is 4.80. The van der Waals surface area contributed by atoms with Crippen LogP contribution in [0.25, 0.3) is 0 Å². The zero-order valence-corrected chi connectivity index (χ0v) is 10.2. The van der Waals surface area contributed by atoms with Gasteiger partial charge >= 0.3 is 6.18 Å². The molecular weight excluding hydrogens is 233 g/mol. The lowest BCUT2D eigenvalue weighted by atomic mass is 9.85. The summed E-state index contributed by atoms with van der Waals surface area (Å²) in [5, 5.41) is 1.91. The van der Waals surface area contributed by atoms with Gasteiger partial charge in [0.05, 0.1) is 6.04 Å². The Morgan fingerprint density at radius 1 is 1.47 bits per heavy atom. The summed E-state index contributed by atoms with van der Waals surface area (Å²) in [4.78, 5) is 13.3. The number of halogens is 3. The molecular formula is C11H19F3N2O. The molecule has 1 fully saturated rings. The molecule has 0 aromatic rings. The first-order valence-corrected chi connectivity index (χ1v) is 5.84. The molecule has 1 atom stereocenters. The van der Waals surface area contributed by atoms with Crippen LogP contribution in [0.1, 0.15) is 26.2 Å². The van der Waals surface area contributed by atoms with E-state index in [1.807, 2.05) is 10.2 Å². The highest BCUT2D eigenvalue weighted by Crippen LogP contribution is 2.27. The summed E-state index contributed by atoms with van der Waals surface area (Å²) >= 11 is 0. The van der Waals surface area contributed by atoms with Crippen molar-refractivity contribution in [3.05, 3.63) is 0 Å². The van der Waals surface area contributed by atoms with Gasteiger partial charge in [-0.2, -0.15) is 13.2 Å². The smallest absolute Gasteiger partial charge is 0.346 e. The molecule has 1 N–H and O–H groups in total. The number of carbonyl (C=O) groups is 1. The lowest BCUT2D eigenvalue weighted by Crippen LogP contribution is -2.47. The number of nitrogens with one attached hydrogen (secondary N) is 1. The van der Waals surface area contributed by atoms with Crippen LogP contribution in [0.2, 0.25) is 0 Å². The van der Waals surface area contributed by atoms with Gasteiger partial charge in [-0.05, 0) is 32.7 Å². The summed E-state index contributed by atoms with van der Waals surface area (Å²) in [7, 11) is 1.77. The van der Waals surface area contributed by atoms with E-state index in [-0.39, 0.29) is 0 Å². The van der Waals surface area contributed by atoms with Gasteiger partial charge in [-0.3, -0.25) is 9.69 Å². The SMILES string of the molecule is C[C@@H](C(=O)NCC(F)(F)F)N(C)CC1CCC1. The zero-order valence-electron chi connectivity index (χ0n) is 10.2. The molecule has 0 heterocycles. The third-order valence-corrected chi connectivity index (χ3v) is 3.27. The molecule has 1 aliphatic rings. The van der Waals surface area contributed by atoms with Crippen molar-refractivity contribution in [1.82, 2.24) is 10.2 Å². The van der Waals surface area contributed by atoms with Crippen molar-refractivity contribution in [2.45, 2.75) is 38.4 Å². The van der Waals surface area contributed by atoms with E-state index in [0.717, 1.165) is 19.4 Å². The predicted octanol–water partition coefficient (Wildman–Crippen LogP) is 1.79. The number of hydrogen-bond acceptors (Lipinski definition) is 2. The molecule has 1 aliphatic carbocycles. The van der Waals surface area contributed by atoms with Crippen LogP contribution in [0.5, 0.6) is 0 Å². The maximum absolute atomic E-state index is 11.9. The van der Waals surface area contributed by atoms with E-state index in [0.29, 0.717) is 5.92 Å². The Bertz CT molecular complexity index is 264. The molecule has 0 bridgehead atoms. The minimum atomic E-state index is -4.35. The van der Waals surface area contributed by atoms with Crippen LogP contribution in [0.3, 0.4) is 0 Å². The molecule has 100 valence electrons. The summed E-state index contributed by atoms with van der Waals surface area (Å²) in [6, 6.07) is -0.516. The van der Waals surface area contributed by atoms with Crippen molar-refractivity contribution in [2.75, 3.05) is 20.1 Å². The van der Waals surface area contributed by atoms with Crippen LogP contribution in [0.4, 0.5) is 13.2 Å². The van der Waals surface area contributed by atoms with Gasteiger partial charge in [0.25, 0.3) is 0 Å². The lowest BCUT2D eigenvalue weighted by molar-refractivity contribution is -0.141. The Balaban J connectivity index is 2.29. The zero-order chi connectivity index (χ0) is 13.1. The number of likely N-dealkylation sites (N-methyl/N-ethyl adjacent to an activating group) is 1. The standard InChI is InChI=1S/C11H19F3N2O/c1-8(10(17)15-7-11(12,13)14)16(2)6-9-4-3-5-9/h8-9H,3-7H2,1-2H3,(H,15,17)/t8-/m0/s1. The van der Waals surface area contributed by atoms with Gasteiger partial charge < -0.3 is 5.32 Å². The number of nitrogens with zero attached hydrogens (tertiary/aromatic N) is 1. The molecule has 0 radical (unpaired) electrons. The Labute approximate surface area is 99.4 Å². The van der Waals surface area contributed by atoms with E-state index in [1.54, 1.807) is 14.0 Å². The highest BCUT2D eigenvalue weighted by Gasteiger charge is 2.30. The molecule has 3 nitrogen and oxygen atoms in total. The van der Waals surface area contributed by atoms with E-state index in [2.05, 4.69) is 0 Å². The van der Waals surface area contributed by atoms with Crippen molar-refractivity contribution >= 4 is 5.91 Å². The number of hydrogen-bond donors (Lipinski definition) is 1. The van der Waals surface area contributed by atoms with E-state index in [4.69, 9.17) is 0 Å². The molecule has 6 heteroatoms. The average molecular weight is 252 g/mol. The molecule has 1 amide bonds. The largest absolute Gasteiger partial charge is 0.405 e. The minimum Gasteiger partial charge on any atom is -0.346 e. The van der Waals surface area contributed by atoms with Crippen LogP contribution >= 0.6 is 0 Å². The average Bonchev–Trinajstić information content (AvgIpc) is 2.17. The number of amides is 1. The molecule has 17 heavy (non-hydrogen) atoms. The minimum absolute atomic E-state index is 0.516. The Morgan fingerprint density at radius 2 is 2.06 bits per heavy atom. The van der Waals surface area contributed by atoms with Crippen LogP contribution in [0.15, 0.2) is 0 Å². The van der Waals surface area contributed by atoms with Crippen molar-refractivity contribution in [2.24, 2.45) is 5.92 Å². The third kappa shape index (κ3) is 4.93. The van der Waals surface area contributed by atoms with E-state index >= 15 is 0 Å². The van der Waals surface area contributed by atoms with Crippen LogP contribution in [-0.4, -0.2) is 43.2 Å². The first-order valence-electron chi connectivity index (χ1n) is 5.84. The van der Waals surface area contributed by atoms with Gasteiger partial charge in [0.15, 0.2) is 0 Å². The molecule has 0 aromatic carbocycles. The monoisotopic (exact) mass is 252 g/mol. The number of carbonyl (C=O) groups excluding carboxylic acids is 1. The van der Waals surface area contributed by atoms with Crippen LogP contribution in [-0.2, 0) is 4.79 Å². The van der Waals surface area contributed by atoms with Crippen LogP contribution < -0.4 is 5.32 Å². The van der Waals surface area contributed by atoms with E-state index in [9.17, 15) is 18.0 Å². The topological polar surface area (TPSA) is 32.3 Å². The highest BCUT2D eigenvalue weighted by atomic mass is 19.4. The Morgan fingerprint density at radius 3 is 2.47 bits per heavy atom. The van der Waals surface area contributed by atoms with Gasteiger partial charge in [0.1, 0.15) is 6.54 Å². The van der Waals surface area contributed by atoms with Crippen molar-refractivity contribution in [3.8, 4) is 0 Å². The summed E-state index contributed by atoms with van der Waals surface area (Å²) in [5.41, 5.74) is 0. The fourth-order valence-corrected chi connectivity index (χ4v) is 1.78. The Hall–Kier alpha value is -0.780. The van der Waals surface area contributed by atoms with Crippen LogP contribution in [0, 0.1) is 5.92 Å². The fraction of sp³-hybridized carbons (Fsp3) is 0.909. The maximum atomic E-state index is 11.9. The van der Waals surface area contributed by atoms with E-state index < -0.39 is 24.7 Å². The predicted molar refractivity (Wildman–Crippen MR) is 58.5 cm³/mol. The first kappa shape index (κ1) is 14.3. The van der Waals surface area contributed by atoms with Crippen molar-refractivity contribution in [1.29, 1.82) is 0 Å². The van der Waals surface area contributed by atoms with Crippen molar-refractivity contribution in [3.63, 3.8) is 0 Å². The van der Waals surface area contributed by atoms with Crippen molar-refractivity contribution < 1.29 is 18.0 Å². The fourth-order valence-electron chi connectivity index (χ4n) is 1.78. The molecule has 0 spiro atoms. The molecule has 1 saturated carbocycles. The van der Waals surface area contributed by atoms with Gasteiger partial charge in [-0.1, -0.05) is 6.42 Å². The number of rotatable bonds is 5. The summed E-state index contributed by atoms with van der Waals surface area (Å²) < 4.78 is 35.8. The lowest BCUT2D eigenvalue weighted by Gasteiger charge is -2.32. The van der Waals surface area contributed by atoms with Gasteiger partial charge in [0.2, 0.25) is 5.91 Å². The second-order valence-corrected chi connectivity index (χ2v) is 4.75. The molecule has 0 aromatic heterocycles. The van der Waals surface area contributed by atoms with Gasteiger partial charge in [0, 0.05) is 6.54 Å². The highest BCUT2D eigenvalue weighted by molar-refractivity contribution is 5.81. The normalized spacial score (nSPS) is 18.9. The second kappa shape index (κ2) is 5.71. The molecule has 0 aliphatic heterocycles. The summed E-state index contributed by atoms with van der Waals surface area (Å²) in [6.45, 7) is 1.15. The maximum Gasteiger partial charge on any atom is 0.405 e. The molecule has 1 rings (SSSR count). The molecule has 0 unspecified atom stereocenters. The number of alkyl halides is 3. The van der Waals surface area contributed by atoms with Gasteiger partial charge in [-0.15, -0.1) is 0 Å².